The zero-order valence-electron chi connectivity index (χ0n) is 14.1. The molecule has 0 saturated heterocycles. The number of unbranched alkanes of at least 4 members (excludes halogenated alkanes) is 1. The van der Waals surface area contributed by atoms with Crippen LogP contribution in [0.2, 0.25) is 0 Å². The van der Waals surface area contributed by atoms with E-state index < -0.39 is 49.5 Å². The van der Waals surface area contributed by atoms with Crippen molar-refractivity contribution >= 4 is 26.1 Å². The predicted molar refractivity (Wildman–Crippen MR) is 74.4 cm³/mol. The number of nitrogens with one attached hydrogen (secondary N) is 1. The summed E-state index contributed by atoms with van der Waals surface area (Å²) in [5.41, 5.74) is 0. The summed E-state index contributed by atoms with van der Waals surface area (Å²) in [5.74, 6) is -2.10. The van der Waals surface area contributed by atoms with E-state index in [4.69, 9.17) is 0 Å². The molecule has 0 fully saturated rings. The summed E-state index contributed by atoms with van der Waals surface area (Å²) in [6, 6.07) is 0. The summed E-state index contributed by atoms with van der Waals surface area (Å²) >= 11 is 0. The molecule has 0 aromatic carbocycles. The number of carbonyl (C=O) groups excluding carboxylic acids is 1. The Bertz CT molecular complexity index is 537. The molecule has 0 rings (SSSR count). The van der Waals surface area contributed by atoms with Crippen molar-refractivity contribution in [1.82, 2.24) is 5.32 Å². The first-order valence-electron chi connectivity index (χ1n) is 6.63. The number of hydrogen-bond acceptors (Lipinski definition) is 7. The van der Waals surface area contributed by atoms with Gasteiger partial charge in [0.25, 0.3) is 0 Å². The predicted octanol–water partition coefficient (Wildman–Crippen LogP) is -6.21. The average molecular weight is 389 g/mol. The van der Waals surface area contributed by atoms with Gasteiger partial charge in [0.2, 0.25) is 5.91 Å². The van der Waals surface area contributed by atoms with Crippen LogP contribution in [0.15, 0.2) is 0 Å². The molecule has 23 heavy (non-hydrogen) atoms. The molecule has 0 aromatic heterocycles. The van der Waals surface area contributed by atoms with Crippen molar-refractivity contribution < 1.29 is 89.9 Å². The molecule has 2 unspecified atom stereocenters. The van der Waals surface area contributed by atoms with Crippen LogP contribution in [-0.2, 0) is 25.0 Å². The van der Waals surface area contributed by atoms with Crippen molar-refractivity contribution in [3.8, 4) is 0 Å². The molecule has 0 aliphatic rings. The van der Waals surface area contributed by atoms with E-state index in [1.165, 1.54) is 6.92 Å². The third kappa shape index (κ3) is 15.3. The second kappa shape index (κ2) is 13.5. The zero-order chi connectivity index (χ0) is 16.7. The fourth-order valence-corrected chi connectivity index (χ4v) is 3.37. The fourth-order valence-electron chi connectivity index (χ4n) is 1.72. The largest absolute Gasteiger partial charge is 1.00 e. The van der Waals surface area contributed by atoms with Gasteiger partial charge in [-0.2, -0.15) is 0 Å². The molecule has 1 N–H and O–H groups in total. The van der Waals surface area contributed by atoms with Gasteiger partial charge in [-0.05, 0) is 19.3 Å². The summed E-state index contributed by atoms with van der Waals surface area (Å²) < 4.78 is 64.8. The van der Waals surface area contributed by atoms with E-state index in [-0.39, 0.29) is 65.5 Å². The summed E-state index contributed by atoms with van der Waals surface area (Å²) in [5, 5.41) is 1.03. The van der Waals surface area contributed by atoms with E-state index in [1.807, 2.05) is 6.92 Å². The third-order valence-electron chi connectivity index (χ3n) is 2.99. The Labute approximate surface area is 182 Å². The summed E-state index contributed by atoms with van der Waals surface area (Å²) in [7, 11) is -9.38. The molecule has 2 atom stereocenters. The molecule has 12 heteroatoms. The first kappa shape index (κ1) is 29.1. The molecule has 0 heterocycles. The van der Waals surface area contributed by atoms with Crippen molar-refractivity contribution in [3.05, 3.63) is 0 Å². The van der Waals surface area contributed by atoms with Gasteiger partial charge in [0, 0.05) is 18.2 Å². The Morgan fingerprint density at radius 3 is 2.04 bits per heavy atom. The van der Waals surface area contributed by atoms with Gasteiger partial charge >= 0.3 is 59.1 Å². The zero-order valence-corrected chi connectivity index (χ0v) is 19.7. The maximum absolute atomic E-state index is 11.7. The van der Waals surface area contributed by atoms with Crippen LogP contribution in [0.1, 0.15) is 39.5 Å². The SMILES string of the molecule is CCCCNC(=O)C(C)CC(CCS(=O)(=O)[O-])S(=O)(=O)[O-].[Na+].[Na+]. The standard InChI is InChI=1S/C11H23NO7S2.2Na/c1-3-4-6-12-11(13)9(2)8-10(21(17,18)19)5-7-20(14,15)16;;/h9-10H,3-8H2,1-2H3,(H,12,13)(H,14,15,16)(H,17,18,19);;/q;2*+1/p-2. The average Bonchev–Trinajstić information content (AvgIpc) is 2.31. The van der Waals surface area contributed by atoms with Crippen LogP contribution >= 0.6 is 0 Å². The number of amides is 1. The first-order chi connectivity index (χ1) is 9.47. The maximum atomic E-state index is 11.7. The molecular formula is C11H21NNa2O7S2. The van der Waals surface area contributed by atoms with Gasteiger partial charge < -0.3 is 14.4 Å². The van der Waals surface area contributed by atoms with E-state index in [0.717, 1.165) is 12.8 Å². The molecule has 126 valence electrons. The van der Waals surface area contributed by atoms with Crippen LogP contribution < -0.4 is 64.4 Å². The van der Waals surface area contributed by atoms with Gasteiger partial charge in [0.15, 0.2) is 0 Å². The molecule has 8 nitrogen and oxygen atoms in total. The van der Waals surface area contributed by atoms with Crippen LogP contribution in [0.5, 0.6) is 0 Å². The minimum atomic E-state index is -4.77. The monoisotopic (exact) mass is 389 g/mol. The number of hydrogen-bond donors (Lipinski definition) is 1. The molecule has 0 radical (unpaired) electrons. The Kier molecular flexibility index (Phi) is 17.0. The van der Waals surface area contributed by atoms with Crippen molar-refractivity contribution in [2.24, 2.45) is 5.92 Å². The number of carbonyl (C=O) groups is 1. The van der Waals surface area contributed by atoms with Gasteiger partial charge in [0.1, 0.15) is 0 Å². The first-order valence-corrected chi connectivity index (χ1v) is 9.68. The van der Waals surface area contributed by atoms with Crippen LogP contribution in [0.3, 0.4) is 0 Å². The molecule has 1 amide bonds. The summed E-state index contributed by atoms with van der Waals surface area (Å²) in [4.78, 5) is 11.7. The van der Waals surface area contributed by atoms with E-state index in [0.29, 0.717) is 6.54 Å². The smallest absolute Gasteiger partial charge is 0.748 e. The maximum Gasteiger partial charge on any atom is 1.00 e. The summed E-state index contributed by atoms with van der Waals surface area (Å²) in [6.07, 6.45) is 0.757. The van der Waals surface area contributed by atoms with Gasteiger partial charge in [-0.1, -0.05) is 20.3 Å². The third-order valence-corrected chi connectivity index (χ3v) is 4.97. The second-order valence-electron chi connectivity index (χ2n) is 4.95. The van der Waals surface area contributed by atoms with Crippen LogP contribution in [-0.4, -0.2) is 49.4 Å². The van der Waals surface area contributed by atoms with Crippen molar-refractivity contribution in [3.63, 3.8) is 0 Å². The molecular weight excluding hydrogens is 368 g/mol. The van der Waals surface area contributed by atoms with Gasteiger partial charge in [-0.3, -0.25) is 4.79 Å². The Morgan fingerprint density at radius 2 is 1.65 bits per heavy atom. The van der Waals surface area contributed by atoms with Crippen LogP contribution in [0.4, 0.5) is 0 Å². The van der Waals surface area contributed by atoms with Crippen molar-refractivity contribution in [2.75, 3.05) is 12.3 Å². The van der Waals surface area contributed by atoms with E-state index in [2.05, 4.69) is 5.32 Å². The molecule has 0 aliphatic heterocycles. The van der Waals surface area contributed by atoms with E-state index in [9.17, 15) is 30.7 Å². The molecule has 0 spiro atoms. The van der Waals surface area contributed by atoms with Gasteiger partial charge in [0.05, 0.1) is 25.5 Å². The quantitative estimate of drug-likeness (QED) is 0.222. The summed E-state index contributed by atoms with van der Waals surface area (Å²) in [6.45, 7) is 3.84. The van der Waals surface area contributed by atoms with Gasteiger partial charge in [-0.15, -0.1) is 0 Å². The van der Waals surface area contributed by atoms with Crippen molar-refractivity contribution in [1.29, 1.82) is 0 Å². The van der Waals surface area contributed by atoms with Crippen LogP contribution in [0.25, 0.3) is 0 Å². The van der Waals surface area contributed by atoms with Crippen LogP contribution in [0, 0.1) is 5.92 Å². The second-order valence-corrected chi connectivity index (χ2v) is 8.12. The minimum Gasteiger partial charge on any atom is -0.748 e. The Balaban J connectivity index is -0.00000200. The van der Waals surface area contributed by atoms with E-state index in [1.54, 1.807) is 0 Å². The topological polar surface area (TPSA) is 144 Å². The van der Waals surface area contributed by atoms with E-state index >= 15 is 0 Å². The van der Waals surface area contributed by atoms with Crippen molar-refractivity contribution in [2.45, 2.75) is 44.8 Å². The molecule has 0 bridgehead atoms. The molecule has 0 saturated carbocycles. The Hall–Kier alpha value is 1.29. The number of rotatable bonds is 10. The van der Waals surface area contributed by atoms with Gasteiger partial charge in [-0.25, -0.2) is 16.8 Å². The normalized spacial score (nSPS) is 14.1. The minimum absolute atomic E-state index is 0. The Morgan fingerprint density at radius 1 is 1.13 bits per heavy atom. The fraction of sp³-hybridized carbons (Fsp3) is 0.909. The molecule has 0 aromatic rings. The molecule has 0 aliphatic carbocycles.